The van der Waals surface area contributed by atoms with Crippen molar-refractivity contribution >= 4 is 29.6 Å². The predicted molar refractivity (Wildman–Crippen MR) is 125 cm³/mol. The topological polar surface area (TPSA) is 21.3 Å². The van der Waals surface area contributed by atoms with Crippen molar-refractivity contribution < 1.29 is 17.7 Å². The van der Waals surface area contributed by atoms with Gasteiger partial charge >= 0.3 is 7.54 Å². The van der Waals surface area contributed by atoms with Crippen LogP contribution in [-0.2, 0) is 0 Å². The lowest BCUT2D eigenvalue weighted by atomic mass is 9.97. The van der Waals surface area contributed by atoms with E-state index in [2.05, 4.69) is 56.1 Å². The van der Waals surface area contributed by atoms with Gasteiger partial charge in [-0.3, -0.25) is 12.9 Å². The molecular weight excluding hydrogens is 374 g/mol. The summed E-state index contributed by atoms with van der Waals surface area (Å²) in [6.45, 7) is 20.1. The molecule has 0 atom stereocenters. The van der Waals surface area contributed by atoms with Gasteiger partial charge in [0.1, 0.15) is 5.75 Å². The highest BCUT2D eigenvalue weighted by atomic mass is 19.4. The van der Waals surface area contributed by atoms with Crippen LogP contribution >= 0.6 is 0 Å². The number of anilines is 1. The standard InChI is InChI=1S/C19H25NO.2C2H6.BF3/c1-5-7-13-20-17-11-12-18(21-6-2)16-10-8-9-15(14(3)4)19(16)17;2*1-2;2-1(3)4/h8-12,20H,3,5-7,13H2,1-2,4H3;2*1-2H3;. The summed E-state index contributed by atoms with van der Waals surface area (Å²) in [4.78, 5) is 0. The molecule has 6 heteroatoms. The van der Waals surface area contributed by atoms with Gasteiger partial charge < -0.3 is 10.1 Å². The lowest BCUT2D eigenvalue weighted by Gasteiger charge is -2.16. The lowest BCUT2D eigenvalue weighted by Crippen LogP contribution is -2.03. The average molecular weight is 411 g/mol. The third-order valence-electron chi connectivity index (χ3n) is 3.61. The summed E-state index contributed by atoms with van der Waals surface area (Å²) < 4.78 is 34.8. The Bertz CT molecular complexity index is 690. The zero-order valence-corrected chi connectivity index (χ0v) is 19.0. The van der Waals surface area contributed by atoms with E-state index >= 15 is 0 Å². The van der Waals surface area contributed by atoms with Crippen molar-refractivity contribution in [3.63, 3.8) is 0 Å². The van der Waals surface area contributed by atoms with Gasteiger partial charge in [-0.1, -0.05) is 71.4 Å². The van der Waals surface area contributed by atoms with Gasteiger partial charge in [-0.2, -0.15) is 0 Å². The van der Waals surface area contributed by atoms with E-state index in [0.29, 0.717) is 6.61 Å². The molecule has 2 aromatic carbocycles. The van der Waals surface area contributed by atoms with Crippen LogP contribution in [0.3, 0.4) is 0 Å². The van der Waals surface area contributed by atoms with E-state index in [9.17, 15) is 12.9 Å². The van der Waals surface area contributed by atoms with E-state index in [4.69, 9.17) is 4.74 Å². The Balaban J connectivity index is 0. The first-order valence-electron chi connectivity index (χ1n) is 10.4. The van der Waals surface area contributed by atoms with Gasteiger partial charge in [-0.25, -0.2) is 0 Å². The van der Waals surface area contributed by atoms with Crippen LogP contribution in [0.1, 0.15) is 66.9 Å². The maximum Gasteiger partial charge on any atom is 0.762 e. The summed E-state index contributed by atoms with van der Waals surface area (Å²) in [5, 5.41) is 5.92. The van der Waals surface area contributed by atoms with Crippen molar-refractivity contribution in [2.75, 3.05) is 18.5 Å². The van der Waals surface area contributed by atoms with Crippen molar-refractivity contribution in [3.8, 4) is 5.75 Å². The van der Waals surface area contributed by atoms with Gasteiger partial charge in [0.05, 0.1) is 6.61 Å². The second-order valence-corrected chi connectivity index (χ2v) is 5.58. The number of nitrogens with one attached hydrogen (secondary N) is 1. The second-order valence-electron chi connectivity index (χ2n) is 5.58. The molecule has 0 aliphatic carbocycles. The van der Waals surface area contributed by atoms with E-state index in [1.807, 2.05) is 34.6 Å². The van der Waals surface area contributed by atoms with Gasteiger partial charge in [0, 0.05) is 23.0 Å². The summed E-state index contributed by atoms with van der Waals surface area (Å²) in [7, 11) is -3.67. The van der Waals surface area contributed by atoms with Crippen LogP contribution in [0, 0.1) is 0 Å². The number of hydrogen-bond acceptors (Lipinski definition) is 2. The fourth-order valence-corrected chi connectivity index (χ4v) is 2.56. The van der Waals surface area contributed by atoms with Crippen molar-refractivity contribution in [3.05, 3.63) is 42.5 Å². The molecular formula is C23H37BF3NO. The number of fused-ring (bicyclic) bond motifs is 1. The van der Waals surface area contributed by atoms with Crippen LogP contribution in [0.25, 0.3) is 16.3 Å². The number of unbranched alkanes of at least 4 members (excludes halogenated alkanes) is 1. The SMILES string of the molecule is C=C(C)c1cccc2c(OCC)ccc(NCCCC)c12.CC.CC.FB(F)F. The summed E-state index contributed by atoms with van der Waals surface area (Å²) in [5.74, 6) is 0.941. The van der Waals surface area contributed by atoms with Gasteiger partial charge in [0.15, 0.2) is 0 Å². The minimum atomic E-state index is -3.67. The van der Waals surface area contributed by atoms with Crippen LogP contribution in [0.5, 0.6) is 5.75 Å². The molecule has 0 bridgehead atoms. The first kappa shape index (κ1) is 29.1. The second kappa shape index (κ2) is 18.0. The molecule has 0 saturated heterocycles. The molecule has 0 aromatic heterocycles. The van der Waals surface area contributed by atoms with Crippen LogP contribution in [0.2, 0.25) is 0 Å². The lowest BCUT2D eigenvalue weighted by molar-refractivity contribution is 0.344. The first-order valence-corrected chi connectivity index (χ1v) is 10.4. The maximum absolute atomic E-state index is 9.67. The molecule has 2 rings (SSSR count). The molecule has 164 valence electrons. The highest BCUT2D eigenvalue weighted by Crippen LogP contribution is 2.36. The average Bonchev–Trinajstić information content (AvgIpc) is 2.72. The molecule has 0 fully saturated rings. The van der Waals surface area contributed by atoms with Crippen molar-refractivity contribution in [2.24, 2.45) is 0 Å². The Morgan fingerprint density at radius 2 is 1.62 bits per heavy atom. The van der Waals surface area contributed by atoms with Gasteiger partial charge in [0.2, 0.25) is 0 Å². The number of allylic oxidation sites excluding steroid dienone is 1. The van der Waals surface area contributed by atoms with Crippen LogP contribution < -0.4 is 10.1 Å². The quantitative estimate of drug-likeness (QED) is 0.365. The maximum atomic E-state index is 9.67. The van der Waals surface area contributed by atoms with Gasteiger partial charge in [-0.15, -0.1) is 0 Å². The molecule has 0 spiro atoms. The molecule has 0 unspecified atom stereocenters. The number of halogens is 3. The van der Waals surface area contributed by atoms with Crippen molar-refractivity contribution in [1.82, 2.24) is 0 Å². The summed E-state index contributed by atoms with van der Waals surface area (Å²) >= 11 is 0. The van der Waals surface area contributed by atoms with E-state index in [-0.39, 0.29) is 0 Å². The molecule has 2 nitrogen and oxygen atoms in total. The molecule has 0 heterocycles. The summed E-state index contributed by atoms with van der Waals surface area (Å²) in [6, 6.07) is 10.5. The fourth-order valence-electron chi connectivity index (χ4n) is 2.56. The summed E-state index contributed by atoms with van der Waals surface area (Å²) in [5.41, 5.74) is 3.43. The highest BCUT2D eigenvalue weighted by Gasteiger charge is 2.11. The molecule has 0 aliphatic rings. The van der Waals surface area contributed by atoms with Gasteiger partial charge in [0.25, 0.3) is 0 Å². The van der Waals surface area contributed by atoms with E-state index in [0.717, 1.165) is 23.3 Å². The molecule has 2 aromatic rings. The van der Waals surface area contributed by atoms with E-state index in [1.54, 1.807) is 0 Å². The third-order valence-corrected chi connectivity index (χ3v) is 3.61. The number of benzene rings is 2. The Hall–Kier alpha value is -2.11. The third kappa shape index (κ3) is 10.9. The van der Waals surface area contributed by atoms with E-state index in [1.165, 1.54) is 29.5 Å². The largest absolute Gasteiger partial charge is 0.762 e. The molecule has 29 heavy (non-hydrogen) atoms. The zero-order valence-electron chi connectivity index (χ0n) is 19.0. The number of rotatable bonds is 7. The van der Waals surface area contributed by atoms with Gasteiger partial charge in [-0.05, 0) is 38.0 Å². The molecule has 0 aliphatic heterocycles. The predicted octanol–water partition coefficient (Wildman–Crippen LogP) is 8.42. The number of hydrogen-bond donors (Lipinski definition) is 1. The molecule has 0 amide bonds. The Labute approximate surface area is 175 Å². The monoisotopic (exact) mass is 411 g/mol. The smallest absolute Gasteiger partial charge is 0.493 e. The Kier molecular flexibility index (Phi) is 18.0. The van der Waals surface area contributed by atoms with Crippen LogP contribution in [0.15, 0.2) is 36.9 Å². The Morgan fingerprint density at radius 3 is 2.10 bits per heavy atom. The summed E-state index contributed by atoms with van der Waals surface area (Å²) in [6.07, 6.45) is 2.36. The van der Waals surface area contributed by atoms with Crippen LogP contribution in [-0.4, -0.2) is 20.7 Å². The van der Waals surface area contributed by atoms with Crippen molar-refractivity contribution in [2.45, 2.75) is 61.3 Å². The minimum Gasteiger partial charge on any atom is -0.493 e. The zero-order chi connectivity index (χ0) is 22.8. The first-order chi connectivity index (χ1) is 13.9. The highest BCUT2D eigenvalue weighted by molar-refractivity contribution is 6.33. The Morgan fingerprint density at radius 1 is 1.03 bits per heavy atom. The van der Waals surface area contributed by atoms with Crippen molar-refractivity contribution in [1.29, 1.82) is 0 Å². The molecule has 0 saturated carbocycles. The van der Waals surface area contributed by atoms with E-state index < -0.39 is 7.54 Å². The number of ether oxygens (including phenoxy) is 1. The van der Waals surface area contributed by atoms with Crippen LogP contribution in [0.4, 0.5) is 18.6 Å². The molecule has 1 N–H and O–H groups in total. The minimum absolute atomic E-state index is 0.676. The normalized spacial score (nSPS) is 9.03. The fraction of sp³-hybridized carbons (Fsp3) is 0.478. The molecule has 0 radical (unpaired) electrons.